The van der Waals surface area contributed by atoms with Crippen LogP contribution in [0.4, 0.5) is 0 Å². The molecule has 0 saturated carbocycles. The van der Waals surface area contributed by atoms with Crippen molar-refractivity contribution in [3.63, 3.8) is 0 Å². The average Bonchev–Trinajstić information content (AvgIpc) is 2.56. The Hall–Kier alpha value is -1.40. The van der Waals surface area contributed by atoms with Gasteiger partial charge in [-0.05, 0) is 24.5 Å². The van der Waals surface area contributed by atoms with Crippen LogP contribution in [0.1, 0.15) is 12.8 Å². The van der Waals surface area contributed by atoms with Crippen molar-refractivity contribution in [2.45, 2.75) is 23.8 Å². The molecule has 1 unspecified atom stereocenters. The molecule has 1 saturated heterocycles. The Balaban J connectivity index is 0.00000192. The van der Waals surface area contributed by atoms with E-state index in [0.29, 0.717) is 18.0 Å². The summed E-state index contributed by atoms with van der Waals surface area (Å²) in [6.45, 7) is 0.935. The van der Waals surface area contributed by atoms with Gasteiger partial charge in [-0.15, -0.1) is 12.4 Å². The highest BCUT2D eigenvalue weighted by molar-refractivity contribution is 7.89. The Kier molecular flexibility index (Phi) is 5.81. The standard InChI is InChI=1S/C17H20N2O2S.ClH/c18-15-9-6-12-19(13-15)22(20,21)17-11-5-4-10-16(17)14-7-2-1-3-8-14;/h1-5,7-8,10-11,15H,6,9,12-13,18H2;1H. The first-order valence-corrected chi connectivity index (χ1v) is 8.93. The molecule has 2 aromatic carbocycles. The van der Waals surface area contributed by atoms with E-state index in [1.54, 1.807) is 12.1 Å². The van der Waals surface area contributed by atoms with E-state index in [9.17, 15) is 8.42 Å². The van der Waals surface area contributed by atoms with E-state index in [-0.39, 0.29) is 18.4 Å². The highest BCUT2D eigenvalue weighted by Crippen LogP contribution is 2.30. The second kappa shape index (κ2) is 7.45. The zero-order chi connectivity index (χ0) is 15.6. The zero-order valence-electron chi connectivity index (χ0n) is 12.8. The van der Waals surface area contributed by atoms with Gasteiger partial charge in [0.2, 0.25) is 10.0 Å². The number of sulfonamides is 1. The number of hydrogen-bond acceptors (Lipinski definition) is 3. The predicted octanol–water partition coefficient (Wildman–Crippen LogP) is 2.89. The summed E-state index contributed by atoms with van der Waals surface area (Å²) in [5.41, 5.74) is 7.59. The van der Waals surface area contributed by atoms with Gasteiger partial charge in [0.25, 0.3) is 0 Å². The third-order valence-corrected chi connectivity index (χ3v) is 5.93. The summed E-state index contributed by atoms with van der Waals surface area (Å²) < 4.78 is 27.5. The van der Waals surface area contributed by atoms with Gasteiger partial charge in [-0.1, -0.05) is 48.5 Å². The summed E-state index contributed by atoms with van der Waals surface area (Å²) in [5.74, 6) is 0. The fourth-order valence-electron chi connectivity index (χ4n) is 2.88. The minimum absolute atomic E-state index is 0. The molecule has 0 bridgehead atoms. The average molecular weight is 353 g/mol. The highest BCUT2D eigenvalue weighted by Gasteiger charge is 2.30. The number of hydrogen-bond donors (Lipinski definition) is 1. The van der Waals surface area contributed by atoms with Crippen molar-refractivity contribution in [3.8, 4) is 11.1 Å². The van der Waals surface area contributed by atoms with Crippen LogP contribution in [0.5, 0.6) is 0 Å². The van der Waals surface area contributed by atoms with Gasteiger partial charge >= 0.3 is 0 Å². The monoisotopic (exact) mass is 352 g/mol. The van der Waals surface area contributed by atoms with E-state index < -0.39 is 10.0 Å². The van der Waals surface area contributed by atoms with Crippen LogP contribution < -0.4 is 5.73 Å². The summed E-state index contributed by atoms with van der Waals surface area (Å²) >= 11 is 0. The molecule has 0 aromatic heterocycles. The number of piperidine rings is 1. The molecule has 1 atom stereocenters. The first-order valence-electron chi connectivity index (χ1n) is 7.49. The molecule has 124 valence electrons. The summed E-state index contributed by atoms with van der Waals surface area (Å²) in [6, 6.07) is 16.7. The summed E-state index contributed by atoms with van der Waals surface area (Å²) in [7, 11) is -3.52. The van der Waals surface area contributed by atoms with Crippen LogP contribution in [-0.4, -0.2) is 31.9 Å². The molecule has 4 nitrogen and oxygen atoms in total. The maximum atomic E-state index is 13.0. The molecule has 0 amide bonds. The largest absolute Gasteiger partial charge is 0.327 e. The Morgan fingerprint density at radius 1 is 1.00 bits per heavy atom. The van der Waals surface area contributed by atoms with Crippen molar-refractivity contribution in [3.05, 3.63) is 54.6 Å². The number of rotatable bonds is 3. The maximum Gasteiger partial charge on any atom is 0.243 e. The van der Waals surface area contributed by atoms with Crippen molar-refractivity contribution in [1.82, 2.24) is 4.31 Å². The molecule has 3 rings (SSSR count). The van der Waals surface area contributed by atoms with Gasteiger partial charge in [0.1, 0.15) is 0 Å². The van der Waals surface area contributed by atoms with Crippen LogP contribution in [0.25, 0.3) is 11.1 Å². The number of nitrogens with two attached hydrogens (primary N) is 1. The third-order valence-electron chi connectivity index (χ3n) is 4.01. The number of benzene rings is 2. The van der Waals surface area contributed by atoms with Crippen LogP contribution in [-0.2, 0) is 10.0 Å². The van der Waals surface area contributed by atoms with Gasteiger partial charge < -0.3 is 5.73 Å². The second-order valence-electron chi connectivity index (χ2n) is 5.63. The van der Waals surface area contributed by atoms with Crippen LogP contribution in [0, 0.1) is 0 Å². The zero-order valence-corrected chi connectivity index (χ0v) is 14.4. The second-order valence-corrected chi connectivity index (χ2v) is 7.53. The maximum absolute atomic E-state index is 13.0. The Morgan fingerprint density at radius 2 is 1.65 bits per heavy atom. The highest BCUT2D eigenvalue weighted by atomic mass is 35.5. The van der Waals surface area contributed by atoms with Gasteiger partial charge in [-0.2, -0.15) is 4.31 Å². The first-order chi connectivity index (χ1) is 10.6. The van der Waals surface area contributed by atoms with E-state index in [1.807, 2.05) is 42.5 Å². The first kappa shape index (κ1) is 17.9. The molecule has 0 aliphatic carbocycles. The van der Waals surface area contributed by atoms with Crippen LogP contribution in [0.3, 0.4) is 0 Å². The molecule has 1 fully saturated rings. The lowest BCUT2D eigenvalue weighted by molar-refractivity contribution is 0.316. The van der Waals surface area contributed by atoms with Gasteiger partial charge in [0.05, 0.1) is 4.90 Å². The minimum Gasteiger partial charge on any atom is -0.327 e. The summed E-state index contributed by atoms with van der Waals surface area (Å²) in [4.78, 5) is 0.357. The molecule has 2 N–H and O–H groups in total. The van der Waals surface area contributed by atoms with Crippen molar-refractivity contribution in [2.75, 3.05) is 13.1 Å². The van der Waals surface area contributed by atoms with E-state index >= 15 is 0 Å². The van der Waals surface area contributed by atoms with Gasteiger partial charge in [0.15, 0.2) is 0 Å². The van der Waals surface area contributed by atoms with Crippen molar-refractivity contribution in [2.24, 2.45) is 5.73 Å². The lowest BCUT2D eigenvalue weighted by Crippen LogP contribution is -2.45. The van der Waals surface area contributed by atoms with Crippen molar-refractivity contribution >= 4 is 22.4 Å². The molecule has 2 aromatic rings. The number of nitrogens with zero attached hydrogens (tertiary/aromatic N) is 1. The minimum atomic E-state index is -3.52. The molecule has 1 heterocycles. The fraction of sp³-hybridized carbons (Fsp3) is 0.294. The normalized spacial score (nSPS) is 19.1. The molecular weight excluding hydrogens is 332 g/mol. The topological polar surface area (TPSA) is 63.4 Å². The predicted molar refractivity (Wildman–Crippen MR) is 95.1 cm³/mol. The van der Waals surface area contributed by atoms with E-state index in [2.05, 4.69) is 0 Å². The Bertz CT molecular complexity index is 750. The molecule has 0 radical (unpaired) electrons. The number of halogens is 1. The van der Waals surface area contributed by atoms with Crippen LogP contribution in [0.2, 0.25) is 0 Å². The molecule has 0 spiro atoms. The molecular formula is C17H21ClN2O2S. The Labute approximate surface area is 143 Å². The lowest BCUT2D eigenvalue weighted by Gasteiger charge is -2.30. The van der Waals surface area contributed by atoms with Crippen molar-refractivity contribution in [1.29, 1.82) is 0 Å². The smallest absolute Gasteiger partial charge is 0.243 e. The third kappa shape index (κ3) is 3.75. The van der Waals surface area contributed by atoms with Gasteiger partial charge in [0, 0.05) is 24.7 Å². The Morgan fingerprint density at radius 3 is 2.35 bits per heavy atom. The quantitative estimate of drug-likeness (QED) is 0.923. The van der Waals surface area contributed by atoms with Gasteiger partial charge in [-0.3, -0.25) is 0 Å². The van der Waals surface area contributed by atoms with Crippen LogP contribution in [0.15, 0.2) is 59.5 Å². The summed E-state index contributed by atoms with van der Waals surface area (Å²) in [6.07, 6.45) is 1.69. The van der Waals surface area contributed by atoms with E-state index in [0.717, 1.165) is 24.0 Å². The lowest BCUT2D eigenvalue weighted by atomic mass is 10.1. The SMILES string of the molecule is Cl.NC1CCCN(S(=O)(=O)c2ccccc2-c2ccccc2)C1. The van der Waals surface area contributed by atoms with Crippen LogP contribution >= 0.6 is 12.4 Å². The molecule has 1 aliphatic heterocycles. The molecule has 6 heteroatoms. The summed E-state index contributed by atoms with van der Waals surface area (Å²) in [5, 5.41) is 0. The van der Waals surface area contributed by atoms with E-state index in [1.165, 1.54) is 4.31 Å². The fourth-order valence-corrected chi connectivity index (χ4v) is 4.63. The van der Waals surface area contributed by atoms with Gasteiger partial charge in [-0.25, -0.2) is 8.42 Å². The molecule has 1 aliphatic rings. The molecule has 23 heavy (non-hydrogen) atoms. The van der Waals surface area contributed by atoms with E-state index in [4.69, 9.17) is 5.73 Å². The van der Waals surface area contributed by atoms with Crippen molar-refractivity contribution < 1.29 is 8.42 Å².